The van der Waals surface area contributed by atoms with Crippen LogP contribution >= 0.6 is 11.6 Å². The molecular formula is C14H20ClN. The summed E-state index contributed by atoms with van der Waals surface area (Å²) in [5, 5.41) is 0.814. The van der Waals surface area contributed by atoms with E-state index in [-0.39, 0.29) is 0 Å². The number of hydrogen-bond acceptors (Lipinski definition) is 1. The predicted molar refractivity (Wildman–Crippen MR) is 69.7 cm³/mol. The van der Waals surface area contributed by atoms with Gasteiger partial charge in [-0.15, -0.1) is 0 Å². The molecule has 0 heterocycles. The first-order valence-electron chi connectivity index (χ1n) is 6.24. The summed E-state index contributed by atoms with van der Waals surface area (Å²) in [6.45, 7) is 0.813. The van der Waals surface area contributed by atoms with E-state index in [0.717, 1.165) is 23.9 Å². The Balaban J connectivity index is 1.97. The molecule has 0 aromatic heterocycles. The number of halogens is 1. The zero-order valence-corrected chi connectivity index (χ0v) is 10.4. The van der Waals surface area contributed by atoms with Gasteiger partial charge in [-0.25, -0.2) is 0 Å². The molecular weight excluding hydrogens is 218 g/mol. The molecule has 1 aromatic carbocycles. The Morgan fingerprint density at radius 2 is 1.81 bits per heavy atom. The summed E-state index contributed by atoms with van der Waals surface area (Å²) in [4.78, 5) is 0. The van der Waals surface area contributed by atoms with Crippen molar-refractivity contribution in [3.63, 3.8) is 0 Å². The molecule has 1 fully saturated rings. The minimum atomic E-state index is 0.656. The monoisotopic (exact) mass is 237 g/mol. The van der Waals surface area contributed by atoms with E-state index in [1.807, 2.05) is 12.1 Å². The summed E-state index contributed by atoms with van der Waals surface area (Å²) < 4.78 is 0. The third-order valence-corrected chi connectivity index (χ3v) is 4.03. The molecule has 0 spiro atoms. The van der Waals surface area contributed by atoms with Crippen LogP contribution in [-0.4, -0.2) is 6.54 Å². The average molecular weight is 238 g/mol. The first-order chi connectivity index (χ1) is 7.79. The average Bonchev–Trinajstić information content (AvgIpc) is 2.82. The minimum Gasteiger partial charge on any atom is -0.330 e. The highest BCUT2D eigenvalue weighted by atomic mass is 35.5. The zero-order chi connectivity index (χ0) is 11.4. The van der Waals surface area contributed by atoms with Crippen LogP contribution in [0, 0.1) is 11.8 Å². The van der Waals surface area contributed by atoms with Crippen molar-refractivity contribution in [1.29, 1.82) is 0 Å². The van der Waals surface area contributed by atoms with Crippen LogP contribution in [0.4, 0.5) is 0 Å². The van der Waals surface area contributed by atoms with Gasteiger partial charge in [0.2, 0.25) is 0 Å². The maximum absolute atomic E-state index is 5.90. The van der Waals surface area contributed by atoms with Crippen LogP contribution in [0.25, 0.3) is 0 Å². The lowest BCUT2D eigenvalue weighted by molar-refractivity contribution is 0.345. The SMILES string of the molecule is NCC(Cc1ccc(Cl)cc1)C1CCCC1. The lowest BCUT2D eigenvalue weighted by Crippen LogP contribution is -2.23. The van der Waals surface area contributed by atoms with Gasteiger partial charge in [-0.1, -0.05) is 49.4 Å². The molecule has 88 valence electrons. The van der Waals surface area contributed by atoms with Gasteiger partial charge in [0.15, 0.2) is 0 Å². The van der Waals surface area contributed by atoms with Gasteiger partial charge in [-0.3, -0.25) is 0 Å². The molecule has 1 atom stereocenters. The van der Waals surface area contributed by atoms with E-state index in [9.17, 15) is 0 Å². The predicted octanol–water partition coefficient (Wildman–Crippen LogP) is 3.65. The topological polar surface area (TPSA) is 26.0 Å². The van der Waals surface area contributed by atoms with Crippen LogP contribution in [0.1, 0.15) is 31.2 Å². The molecule has 0 aliphatic heterocycles. The molecule has 1 aliphatic rings. The quantitative estimate of drug-likeness (QED) is 0.850. The van der Waals surface area contributed by atoms with Gasteiger partial charge in [0.05, 0.1) is 0 Å². The Morgan fingerprint density at radius 3 is 2.38 bits per heavy atom. The number of rotatable bonds is 4. The lowest BCUT2D eigenvalue weighted by Gasteiger charge is -2.21. The highest BCUT2D eigenvalue weighted by Gasteiger charge is 2.23. The fourth-order valence-electron chi connectivity index (χ4n) is 2.79. The van der Waals surface area contributed by atoms with Crippen molar-refractivity contribution in [2.24, 2.45) is 17.6 Å². The van der Waals surface area contributed by atoms with Crippen molar-refractivity contribution < 1.29 is 0 Å². The molecule has 0 bridgehead atoms. The summed E-state index contributed by atoms with van der Waals surface area (Å²) in [5.41, 5.74) is 7.27. The van der Waals surface area contributed by atoms with Crippen molar-refractivity contribution in [3.8, 4) is 0 Å². The van der Waals surface area contributed by atoms with E-state index in [4.69, 9.17) is 17.3 Å². The Labute approximate surface area is 103 Å². The molecule has 2 rings (SSSR count). The Hall–Kier alpha value is -0.530. The molecule has 1 unspecified atom stereocenters. The first kappa shape index (κ1) is 11.9. The standard InChI is InChI=1S/C14H20ClN/c15-14-7-5-11(6-8-14)9-13(10-16)12-3-1-2-4-12/h5-8,12-13H,1-4,9-10,16H2. The van der Waals surface area contributed by atoms with E-state index in [2.05, 4.69) is 12.1 Å². The normalized spacial score (nSPS) is 18.9. The minimum absolute atomic E-state index is 0.656. The molecule has 1 aromatic rings. The van der Waals surface area contributed by atoms with Gasteiger partial charge in [-0.05, 0) is 42.5 Å². The van der Waals surface area contributed by atoms with Crippen LogP contribution < -0.4 is 5.73 Å². The second kappa shape index (κ2) is 5.70. The smallest absolute Gasteiger partial charge is 0.0406 e. The molecule has 1 nitrogen and oxygen atoms in total. The summed E-state index contributed by atoms with van der Waals surface area (Å²) >= 11 is 5.88. The van der Waals surface area contributed by atoms with E-state index in [1.165, 1.54) is 31.2 Å². The molecule has 0 amide bonds. The van der Waals surface area contributed by atoms with Gasteiger partial charge in [0.25, 0.3) is 0 Å². The molecule has 16 heavy (non-hydrogen) atoms. The maximum atomic E-state index is 5.90. The summed E-state index contributed by atoms with van der Waals surface area (Å²) in [7, 11) is 0. The van der Waals surface area contributed by atoms with Crippen molar-refractivity contribution in [1.82, 2.24) is 0 Å². The van der Waals surface area contributed by atoms with Crippen LogP contribution in [0.2, 0.25) is 5.02 Å². The van der Waals surface area contributed by atoms with E-state index >= 15 is 0 Å². The maximum Gasteiger partial charge on any atom is 0.0406 e. The van der Waals surface area contributed by atoms with Crippen LogP contribution in [0.15, 0.2) is 24.3 Å². The van der Waals surface area contributed by atoms with Crippen molar-refractivity contribution in [2.45, 2.75) is 32.1 Å². The summed E-state index contributed by atoms with van der Waals surface area (Å²) in [6, 6.07) is 8.19. The Bertz CT molecular complexity index is 314. The fourth-order valence-corrected chi connectivity index (χ4v) is 2.92. The third kappa shape index (κ3) is 2.99. The molecule has 0 radical (unpaired) electrons. The molecule has 1 saturated carbocycles. The summed E-state index contributed by atoms with van der Waals surface area (Å²) in [5.74, 6) is 1.50. The molecule has 2 N–H and O–H groups in total. The summed E-state index contributed by atoms with van der Waals surface area (Å²) in [6.07, 6.45) is 6.63. The van der Waals surface area contributed by atoms with Gasteiger partial charge >= 0.3 is 0 Å². The molecule has 2 heteroatoms. The van der Waals surface area contributed by atoms with Crippen LogP contribution in [-0.2, 0) is 6.42 Å². The number of benzene rings is 1. The van der Waals surface area contributed by atoms with Crippen molar-refractivity contribution >= 4 is 11.6 Å². The van der Waals surface area contributed by atoms with Crippen molar-refractivity contribution in [3.05, 3.63) is 34.9 Å². The zero-order valence-electron chi connectivity index (χ0n) is 9.66. The van der Waals surface area contributed by atoms with Gasteiger partial charge in [-0.2, -0.15) is 0 Å². The Morgan fingerprint density at radius 1 is 1.19 bits per heavy atom. The van der Waals surface area contributed by atoms with E-state index in [1.54, 1.807) is 0 Å². The van der Waals surface area contributed by atoms with Crippen LogP contribution in [0.5, 0.6) is 0 Å². The second-order valence-electron chi connectivity index (χ2n) is 4.87. The number of nitrogens with two attached hydrogens (primary N) is 1. The van der Waals surface area contributed by atoms with E-state index in [0.29, 0.717) is 5.92 Å². The van der Waals surface area contributed by atoms with Crippen molar-refractivity contribution in [2.75, 3.05) is 6.54 Å². The van der Waals surface area contributed by atoms with E-state index < -0.39 is 0 Å². The van der Waals surface area contributed by atoms with Gasteiger partial charge < -0.3 is 5.73 Å². The second-order valence-corrected chi connectivity index (χ2v) is 5.31. The number of hydrogen-bond donors (Lipinski definition) is 1. The highest BCUT2D eigenvalue weighted by Crippen LogP contribution is 2.32. The van der Waals surface area contributed by atoms with Gasteiger partial charge in [0, 0.05) is 5.02 Å². The van der Waals surface area contributed by atoms with Gasteiger partial charge in [0.1, 0.15) is 0 Å². The highest BCUT2D eigenvalue weighted by molar-refractivity contribution is 6.30. The fraction of sp³-hybridized carbons (Fsp3) is 0.571. The largest absolute Gasteiger partial charge is 0.330 e. The molecule has 0 saturated heterocycles. The lowest BCUT2D eigenvalue weighted by atomic mass is 9.86. The Kier molecular flexibility index (Phi) is 4.25. The third-order valence-electron chi connectivity index (χ3n) is 3.78. The first-order valence-corrected chi connectivity index (χ1v) is 6.62. The molecule has 1 aliphatic carbocycles. The van der Waals surface area contributed by atoms with Crippen LogP contribution in [0.3, 0.4) is 0 Å².